The van der Waals surface area contributed by atoms with E-state index >= 15 is 0 Å². The molecule has 0 aliphatic heterocycles. The van der Waals surface area contributed by atoms with Crippen molar-refractivity contribution >= 4 is 31.3 Å². The van der Waals surface area contributed by atoms with Crippen molar-refractivity contribution < 1.29 is 26.3 Å². The van der Waals surface area contributed by atoms with Crippen LogP contribution in [0.5, 0.6) is 11.6 Å². The largest absolute Gasteiger partial charge is 0.438 e. The number of aromatic nitrogens is 1. The van der Waals surface area contributed by atoms with Crippen molar-refractivity contribution in [1.29, 1.82) is 0 Å². The predicted octanol–water partition coefficient (Wildman–Crippen LogP) is 5.09. The molecule has 0 saturated heterocycles. The van der Waals surface area contributed by atoms with Crippen LogP contribution in [0.25, 0.3) is 0 Å². The van der Waals surface area contributed by atoms with E-state index in [1.54, 1.807) is 0 Å². The predicted molar refractivity (Wildman–Crippen MR) is 83.3 cm³/mol. The zero-order valence-corrected chi connectivity index (χ0v) is 14.6. The van der Waals surface area contributed by atoms with Crippen LogP contribution in [0, 0.1) is 13.8 Å². The average Bonchev–Trinajstić information content (AvgIpc) is 2.37. The highest BCUT2D eigenvalue weighted by Gasteiger charge is 2.32. The summed E-state index contributed by atoms with van der Waals surface area (Å²) in [5.41, 5.74) is -0.359. The Morgan fingerprint density at radius 3 is 2.08 bits per heavy atom. The van der Waals surface area contributed by atoms with Crippen LogP contribution in [-0.4, -0.2) is 13.4 Å². The highest BCUT2D eigenvalue weighted by Crippen LogP contribution is 2.36. The van der Waals surface area contributed by atoms with Crippen molar-refractivity contribution in [3.8, 4) is 11.6 Å². The van der Waals surface area contributed by atoms with Crippen molar-refractivity contribution in [2.45, 2.75) is 24.9 Å². The number of ether oxygens (including phenoxy) is 1. The maximum atomic E-state index is 12.6. The number of hydrogen-bond acceptors (Lipinski definition) is 4. The van der Waals surface area contributed by atoms with Gasteiger partial charge in [0.05, 0.1) is 10.5 Å². The molecule has 0 bridgehead atoms. The molecule has 0 fully saturated rings. The molecule has 0 N–H and O–H groups in total. The van der Waals surface area contributed by atoms with E-state index in [0.717, 1.165) is 0 Å². The molecule has 0 aliphatic rings. The van der Waals surface area contributed by atoms with E-state index in [-0.39, 0.29) is 21.5 Å². The van der Waals surface area contributed by atoms with Crippen molar-refractivity contribution in [3.05, 3.63) is 46.1 Å². The molecule has 0 radical (unpaired) electrons. The molecule has 2 aromatic rings. The van der Waals surface area contributed by atoms with Gasteiger partial charge in [0.2, 0.25) is 5.88 Å². The van der Waals surface area contributed by atoms with Gasteiger partial charge in [0.25, 0.3) is 9.05 Å². The molecular formula is C14H10Cl2F3NO3S. The average molecular weight is 400 g/mol. The summed E-state index contributed by atoms with van der Waals surface area (Å²) in [6, 6.07) is 3.44. The molecule has 10 heteroatoms. The van der Waals surface area contributed by atoms with E-state index in [1.807, 2.05) is 0 Å². The number of aryl methyl sites for hydroxylation is 2. The molecule has 0 spiro atoms. The van der Waals surface area contributed by atoms with E-state index in [9.17, 15) is 21.6 Å². The summed E-state index contributed by atoms with van der Waals surface area (Å²) in [5.74, 6) is -0.0619. The minimum Gasteiger partial charge on any atom is -0.438 e. The van der Waals surface area contributed by atoms with Gasteiger partial charge in [-0.15, -0.1) is 0 Å². The Bertz CT molecular complexity index is 876. The lowest BCUT2D eigenvalue weighted by molar-refractivity contribution is -0.137. The summed E-state index contributed by atoms with van der Waals surface area (Å²) in [7, 11) is 1.42. The first-order valence-electron chi connectivity index (χ1n) is 6.36. The van der Waals surface area contributed by atoms with Gasteiger partial charge in [-0.2, -0.15) is 13.2 Å². The van der Waals surface area contributed by atoms with Gasteiger partial charge < -0.3 is 4.74 Å². The van der Waals surface area contributed by atoms with Gasteiger partial charge in [-0.05, 0) is 43.2 Å². The normalized spacial score (nSPS) is 12.3. The Kier molecular flexibility index (Phi) is 5.03. The summed E-state index contributed by atoms with van der Waals surface area (Å²) < 4.78 is 66.1. The molecule has 1 aromatic carbocycles. The summed E-state index contributed by atoms with van der Waals surface area (Å²) in [6.07, 6.45) is -3.97. The number of nitrogens with zero attached hydrogens (tertiary/aromatic N) is 1. The number of rotatable bonds is 3. The third-order valence-electron chi connectivity index (χ3n) is 3.03. The maximum Gasteiger partial charge on any atom is 0.417 e. The van der Waals surface area contributed by atoms with E-state index in [0.29, 0.717) is 23.4 Å². The number of benzene rings is 1. The highest BCUT2D eigenvalue weighted by atomic mass is 35.7. The quantitative estimate of drug-likeness (QED) is 0.674. The molecule has 0 unspecified atom stereocenters. The fourth-order valence-corrected chi connectivity index (χ4v) is 3.94. The van der Waals surface area contributed by atoms with Gasteiger partial charge in [0.1, 0.15) is 10.8 Å². The van der Waals surface area contributed by atoms with Crippen molar-refractivity contribution in [2.24, 2.45) is 0 Å². The second-order valence-electron chi connectivity index (χ2n) is 4.93. The topological polar surface area (TPSA) is 56.3 Å². The Morgan fingerprint density at radius 1 is 1.12 bits per heavy atom. The van der Waals surface area contributed by atoms with Crippen molar-refractivity contribution in [3.63, 3.8) is 0 Å². The van der Waals surface area contributed by atoms with E-state index in [1.165, 1.54) is 26.0 Å². The maximum absolute atomic E-state index is 12.6. The van der Waals surface area contributed by atoms with Crippen LogP contribution in [0.1, 0.15) is 16.7 Å². The molecule has 4 nitrogen and oxygen atoms in total. The molecule has 1 aromatic heterocycles. The Morgan fingerprint density at radius 2 is 1.67 bits per heavy atom. The van der Waals surface area contributed by atoms with Gasteiger partial charge in [-0.25, -0.2) is 13.4 Å². The molecular weight excluding hydrogens is 390 g/mol. The number of alkyl halides is 3. The van der Waals surface area contributed by atoms with Crippen molar-refractivity contribution in [2.75, 3.05) is 0 Å². The van der Waals surface area contributed by atoms with E-state index in [4.69, 9.17) is 27.0 Å². The lowest BCUT2D eigenvalue weighted by Crippen LogP contribution is -2.06. The molecule has 0 saturated carbocycles. The zero-order valence-electron chi connectivity index (χ0n) is 12.3. The molecule has 0 atom stereocenters. The van der Waals surface area contributed by atoms with Gasteiger partial charge in [0.15, 0.2) is 0 Å². The van der Waals surface area contributed by atoms with Crippen LogP contribution >= 0.6 is 22.3 Å². The molecule has 1 heterocycles. The Hall–Kier alpha value is -1.51. The minimum atomic E-state index is -4.57. The monoisotopic (exact) mass is 399 g/mol. The SMILES string of the molecule is Cc1cc(Oc2ncc(C(F)(F)F)cc2Cl)cc(C)c1S(=O)(=O)Cl. The summed E-state index contributed by atoms with van der Waals surface area (Å²) in [4.78, 5) is 3.50. The lowest BCUT2D eigenvalue weighted by atomic mass is 10.1. The first-order valence-corrected chi connectivity index (χ1v) is 9.05. The lowest BCUT2D eigenvalue weighted by Gasteiger charge is -2.12. The van der Waals surface area contributed by atoms with Crippen LogP contribution in [-0.2, 0) is 15.2 Å². The first kappa shape index (κ1) is 18.8. The van der Waals surface area contributed by atoms with Gasteiger partial charge >= 0.3 is 6.18 Å². The van der Waals surface area contributed by atoms with Crippen LogP contribution in [0.2, 0.25) is 5.02 Å². The fraction of sp³-hybridized carbons (Fsp3) is 0.214. The third kappa shape index (κ3) is 4.12. The molecule has 2 rings (SSSR count). The molecule has 24 heavy (non-hydrogen) atoms. The fourth-order valence-electron chi connectivity index (χ4n) is 2.12. The Balaban J connectivity index is 2.39. The standard InChI is InChI=1S/C14H10Cl2F3NO3S/c1-7-3-10(4-8(2)12(7)24(16,21)22)23-13-11(15)5-9(6-20-13)14(17,18)19/h3-6H,1-2H3. The van der Waals surface area contributed by atoms with E-state index < -0.39 is 20.8 Å². The number of pyridine rings is 1. The van der Waals surface area contributed by atoms with Crippen LogP contribution in [0.4, 0.5) is 13.2 Å². The van der Waals surface area contributed by atoms with Crippen LogP contribution < -0.4 is 4.74 Å². The summed E-state index contributed by atoms with van der Waals surface area (Å²) >= 11 is 5.76. The van der Waals surface area contributed by atoms with E-state index in [2.05, 4.69) is 4.98 Å². The highest BCUT2D eigenvalue weighted by molar-refractivity contribution is 8.13. The van der Waals surface area contributed by atoms with Gasteiger partial charge in [-0.1, -0.05) is 11.6 Å². The summed E-state index contributed by atoms with van der Waals surface area (Å²) in [6.45, 7) is 3.02. The second kappa shape index (κ2) is 6.42. The first-order chi connectivity index (χ1) is 10.9. The van der Waals surface area contributed by atoms with Gasteiger partial charge in [-0.3, -0.25) is 0 Å². The molecule has 0 amide bonds. The molecule has 0 aliphatic carbocycles. The Labute approximate surface area is 145 Å². The van der Waals surface area contributed by atoms with Crippen LogP contribution in [0.3, 0.4) is 0 Å². The number of hydrogen-bond donors (Lipinski definition) is 0. The third-order valence-corrected chi connectivity index (χ3v) is 4.89. The van der Waals surface area contributed by atoms with Crippen molar-refractivity contribution in [1.82, 2.24) is 4.98 Å². The van der Waals surface area contributed by atoms with Crippen LogP contribution in [0.15, 0.2) is 29.3 Å². The zero-order chi connectivity index (χ0) is 18.3. The van der Waals surface area contributed by atoms with Gasteiger partial charge in [0, 0.05) is 16.9 Å². The summed E-state index contributed by atoms with van der Waals surface area (Å²) in [5, 5.41) is -0.325. The molecule has 130 valence electrons. The smallest absolute Gasteiger partial charge is 0.417 e. The minimum absolute atomic E-state index is 0.0528. The number of halogens is 5. The second-order valence-corrected chi connectivity index (χ2v) is 7.84.